The molecule has 1 nitrogen and oxygen atoms in total. The van der Waals surface area contributed by atoms with Crippen molar-refractivity contribution >= 4 is 23.2 Å². The molecular formula is C12H7Cl2FO. The number of phenols is 1. The van der Waals surface area contributed by atoms with Gasteiger partial charge in [-0.15, -0.1) is 0 Å². The molecule has 16 heavy (non-hydrogen) atoms. The van der Waals surface area contributed by atoms with Gasteiger partial charge in [0, 0.05) is 10.0 Å². The van der Waals surface area contributed by atoms with Crippen LogP contribution < -0.4 is 0 Å². The van der Waals surface area contributed by atoms with Crippen LogP contribution in [0, 0.1) is 5.82 Å². The average molecular weight is 257 g/mol. The summed E-state index contributed by atoms with van der Waals surface area (Å²) in [6, 6.07) is 9.08. The fourth-order valence-corrected chi connectivity index (χ4v) is 1.93. The molecule has 0 fully saturated rings. The van der Waals surface area contributed by atoms with Crippen LogP contribution in [0.2, 0.25) is 10.0 Å². The molecule has 0 amide bonds. The van der Waals surface area contributed by atoms with Gasteiger partial charge in [-0.05, 0) is 41.5 Å². The second kappa shape index (κ2) is 4.32. The molecule has 0 saturated heterocycles. The zero-order valence-electron chi connectivity index (χ0n) is 8.05. The van der Waals surface area contributed by atoms with Gasteiger partial charge >= 0.3 is 0 Å². The minimum absolute atomic E-state index is 0.378. The highest BCUT2D eigenvalue weighted by molar-refractivity contribution is 6.35. The summed E-state index contributed by atoms with van der Waals surface area (Å²) < 4.78 is 13.1. The lowest BCUT2D eigenvalue weighted by Gasteiger charge is -2.04. The minimum atomic E-state index is -0.673. The van der Waals surface area contributed by atoms with Crippen molar-refractivity contribution in [2.75, 3.05) is 0 Å². The number of benzene rings is 2. The Morgan fingerprint density at radius 3 is 2.06 bits per heavy atom. The molecule has 82 valence electrons. The molecule has 2 aromatic rings. The smallest absolute Gasteiger partial charge is 0.165 e. The molecule has 4 heteroatoms. The number of hydrogen-bond acceptors (Lipinski definition) is 1. The third-order valence-corrected chi connectivity index (χ3v) is 2.58. The molecule has 0 aliphatic heterocycles. The molecule has 0 atom stereocenters. The van der Waals surface area contributed by atoms with Crippen LogP contribution in [-0.4, -0.2) is 5.11 Å². The molecule has 0 aliphatic carbocycles. The molecule has 0 bridgehead atoms. The van der Waals surface area contributed by atoms with Gasteiger partial charge in [0.1, 0.15) is 0 Å². The molecule has 0 aromatic heterocycles. The van der Waals surface area contributed by atoms with Crippen molar-refractivity contribution in [3.63, 3.8) is 0 Å². The summed E-state index contributed by atoms with van der Waals surface area (Å²) in [6.45, 7) is 0. The Morgan fingerprint density at radius 2 is 1.50 bits per heavy atom. The number of aromatic hydroxyl groups is 1. The van der Waals surface area contributed by atoms with E-state index in [1.54, 1.807) is 24.3 Å². The third kappa shape index (κ3) is 2.29. The van der Waals surface area contributed by atoms with E-state index in [4.69, 9.17) is 28.3 Å². The van der Waals surface area contributed by atoms with E-state index in [0.29, 0.717) is 21.2 Å². The van der Waals surface area contributed by atoms with Gasteiger partial charge < -0.3 is 5.11 Å². The van der Waals surface area contributed by atoms with Crippen molar-refractivity contribution in [2.45, 2.75) is 0 Å². The number of rotatable bonds is 1. The molecule has 0 spiro atoms. The van der Waals surface area contributed by atoms with E-state index >= 15 is 0 Å². The predicted molar refractivity (Wildman–Crippen MR) is 63.5 cm³/mol. The van der Waals surface area contributed by atoms with Crippen LogP contribution in [0.4, 0.5) is 4.39 Å². The summed E-state index contributed by atoms with van der Waals surface area (Å²) in [5.41, 5.74) is 1.32. The molecule has 0 radical (unpaired) electrons. The average Bonchev–Trinajstić information content (AvgIpc) is 2.20. The van der Waals surface area contributed by atoms with E-state index in [2.05, 4.69) is 0 Å². The van der Waals surface area contributed by atoms with E-state index in [0.717, 1.165) is 0 Å². The molecule has 0 saturated carbocycles. The first kappa shape index (κ1) is 11.2. The number of phenolic OH excluding ortho intramolecular Hbond substituents is 1. The summed E-state index contributed by atoms with van der Waals surface area (Å²) in [7, 11) is 0. The number of hydrogen-bond donors (Lipinski definition) is 1. The molecule has 2 rings (SSSR count). The predicted octanol–water partition coefficient (Wildman–Crippen LogP) is 4.51. The summed E-state index contributed by atoms with van der Waals surface area (Å²) in [5.74, 6) is -1.05. The Balaban J connectivity index is 2.54. The molecule has 1 N–H and O–H groups in total. The van der Waals surface area contributed by atoms with Crippen LogP contribution in [0.3, 0.4) is 0 Å². The van der Waals surface area contributed by atoms with E-state index in [1.807, 2.05) is 0 Å². The Bertz CT molecular complexity index is 520. The SMILES string of the molecule is Oc1ccc(-c2cc(Cl)cc(Cl)c2)cc1F. The Labute approximate surface area is 102 Å². The van der Waals surface area contributed by atoms with Crippen LogP contribution in [0.15, 0.2) is 36.4 Å². The van der Waals surface area contributed by atoms with Crippen molar-refractivity contribution in [1.29, 1.82) is 0 Å². The van der Waals surface area contributed by atoms with Crippen LogP contribution >= 0.6 is 23.2 Å². The molecule has 2 aromatic carbocycles. The quantitative estimate of drug-likeness (QED) is 0.797. The van der Waals surface area contributed by atoms with Gasteiger partial charge in [-0.25, -0.2) is 4.39 Å². The van der Waals surface area contributed by atoms with Crippen LogP contribution in [0.25, 0.3) is 11.1 Å². The Hall–Kier alpha value is -1.25. The van der Waals surface area contributed by atoms with Crippen molar-refractivity contribution < 1.29 is 9.50 Å². The lowest BCUT2D eigenvalue weighted by Crippen LogP contribution is -1.82. The summed E-state index contributed by atoms with van der Waals surface area (Å²) in [5, 5.41) is 10.0. The van der Waals surface area contributed by atoms with Gasteiger partial charge in [0.05, 0.1) is 0 Å². The zero-order chi connectivity index (χ0) is 11.7. The maximum Gasteiger partial charge on any atom is 0.165 e. The Kier molecular flexibility index (Phi) is 3.03. The van der Waals surface area contributed by atoms with Gasteiger partial charge in [-0.3, -0.25) is 0 Å². The highest BCUT2D eigenvalue weighted by Gasteiger charge is 2.05. The van der Waals surface area contributed by atoms with Crippen LogP contribution in [0.5, 0.6) is 5.75 Å². The van der Waals surface area contributed by atoms with E-state index in [-0.39, 0.29) is 5.75 Å². The maximum absolute atomic E-state index is 13.1. The molecule has 0 heterocycles. The largest absolute Gasteiger partial charge is 0.505 e. The van der Waals surface area contributed by atoms with Gasteiger partial charge in [-0.1, -0.05) is 29.3 Å². The van der Waals surface area contributed by atoms with Gasteiger partial charge in [0.15, 0.2) is 11.6 Å². The zero-order valence-corrected chi connectivity index (χ0v) is 9.56. The number of halogens is 3. The van der Waals surface area contributed by atoms with Gasteiger partial charge in [0.25, 0.3) is 0 Å². The van der Waals surface area contributed by atoms with E-state index < -0.39 is 5.82 Å². The van der Waals surface area contributed by atoms with Gasteiger partial charge in [-0.2, -0.15) is 0 Å². The standard InChI is InChI=1S/C12H7Cl2FO/c13-9-3-8(4-10(14)6-9)7-1-2-12(16)11(15)5-7/h1-6,16H. The maximum atomic E-state index is 13.1. The van der Waals surface area contributed by atoms with Crippen molar-refractivity contribution in [2.24, 2.45) is 0 Å². The second-order valence-electron chi connectivity index (χ2n) is 3.32. The summed E-state index contributed by atoms with van der Waals surface area (Å²) >= 11 is 11.7. The van der Waals surface area contributed by atoms with E-state index in [1.165, 1.54) is 12.1 Å². The van der Waals surface area contributed by atoms with E-state index in [9.17, 15) is 4.39 Å². The molecular weight excluding hydrogens is 250 g/mol. The monoisotopic (exact) mass is 256 g/mol. The van der Waals surface area contributed by atoms with Crippen molar-refractivity contribution in [3.8, 4) is 16.9 Å². The fraction of sp³-hybridized carbons (Fsp3) is 0. The molecule has 0 aliphatic rings. The summed E-state index contributed by atoms with van der Waals surface area (Å²) in [4.78, 5) is 0. The lowest BCUT2D eigenvalue weighted by molar-refractivity contribution is 0.432. The Morgan fingerprint density at radius 1 is 0.875 bits per heavy atom. The minimum Gasteiger partial charge on any atom is -0.505 e. The topological polar surface area (TPSA) is 20.2 Å². The lowest BCUT2D eigenvalue weighted by atomic mass is 10.1. The van der Waals surface area contributed by atoms with Crippen LogP contribution in [-0.2, 0) is 0 Å². The normalized spacial score (nSPS) is 10.4. The summed E-state index contributed by atoms with van der Waals surface area (Å²) in [6.07, 6.45) is 0. The van der Waals surface area contributed by atoms with Crippen molar-refractivity contribution in [1.82, 2.24) is 0 Å². The first-order valence-corrected chi connectivity index (χ1v) is 5.27. The fourth-order valence-electron chi connectivity index (χ4n) is 1.41. The highest BCUT2D eigenvalue weighted by Crippen LogP contribution is 2.29. The van der Waals surface area contributed by atoms with Gasteiger partial charge in [0.2, 0.25) is 0 Å². The third-order valence-electron chi connectivity index (χ3n) is 2.14. The van der Waals surface area contributed by atoms with Crippen LogP contribution in [0.1, 0.15) is 0 Å². The second-order valence-corrected chi connectivity index (χ2v) is 4.20. The molecule has 0 unspecified atom stereocenters. The highest BCUT2D eigenvalue weighted by atomic mass is 35.5. The first-order chi connectivity index (χ1) is 7.56. The van der Waals surface area contributed by atoms with Crippen molar-refractivity contribution in [3.05, 3.63) is 52.3 Å². The first-order valence-electron chi connectivity index (χ1n) is 4.51.